The molecule has 5 aromatic heterocycles. The molecule has 0 bridgehead atoms. The van der Waals surface area contributed by atoms with Crippen LogP contribution in [-0.2, 0) is 17.6 Å². The first-order valence-corrected chi connectivity index (χ1v) is 13.5. The lowest BCUT2D eigenvalue weighted by atomic mass is 10.0. The summed E-state index contributed by atoms with van der Waals surface area (Å²) in [5, 5.41) is 10.3. The van der Waals surface area contributed by atoms with E-state index >= 15 is 4.39 Å². The first kappa shape index (κ1) is 26.0. The number of hydrogen-bond donors (Lipinski definition) is 4. The summed E-state index contributed by atoms with van der Waals surface area (Å²) in [6.07, 6.45) is 12.4. The van der Waals surface area contributed by atoms with E-state index in [9.17, 15) is 4.79 Å². The molecule has 5 N–H and O–H groups in total. The fourth-order valence-electron chi connectivity index (χ4n) is 5.14. The Bertz CT molecular complexity index is 2050. The molecule has 1 aliphatic carbocycles. The summed E-state index contributed by atoms with van der Waals surface area (Å²) in [4.78, 5) is 33.5. The zero-order valence-corrected chi connectivity index (χ0v) is 22.7. The van der Waals surface area contributed by atoms with Gasteiger partial charge >= 0.3 is 0 Å². The van der Waals surface area contributed by atoms with Crippen LogP contribution in [0.25, 0.3) is 39.3 Å². The maximum Gasteiger partial charge on any atom is 0.228 e. The summed E-state index contributed by atoms with van der Waals surface area (Å²) < 4.78 is 16.2. The Morgan fingerprint density at radius 1 is 0.953 bits per heavy atom. The number of fused-ring (bicyclic) bond motifs is 2. The van der Waals surface area contributed by atoms with Crippen molar-refractivity contribution in [2.75, 3.05) is 5.32 Å². The van der Waals surface area contributed by atoms with E-state index in [1.807, 2.05) is 54.6 Å². The van der Waals surface area contributed by atoms with Crippen LogP contribution in [0.2, 0.25) is 0 Å². The molecule has 0 atom stereocenters. The third-order valence-corrected chi connectivity index (χ3v) is 7.14. The van der Waals surface area contributed by atoms with Crippen molar-refractivity contribution in [3.63, 3.8) is 0 Å². The third kappa shape index (κ3) is 5.04. The lowest BCUT2D eigenvalue weighted by Crippen LogP contribution is -2.14. The number of nitrogens with zero attached hydrogens (tertiary/aromatic N) is 5. The predicted molar refractivity (Wildman–Crippen MR) is 161 cm³/mol. The summed E-state index contributed by atoms with van der Waals surface area (Å²) in [5.74, 6) is -0.409. The Morgan fingerprint density at radius 2 is 1.79 bits per heavy atom. The number of carbonyl (C=O) groups is 1. The topological polar surface area (TPSA) is 151 Å². The number of halogens is 1. The van der Waals surface area contributed by atoms with Gasteiger partial charge in [-0.05, 0) is 35.4 Å². The number of carbonyl (C=O) groups excluding carboxylic acids is 1. The standard InChI is InChI=1S/C32H24FN9O/c33-28-27-25(17-37-29(28)20-13-22(16-36-15-20)38-26(43)12-18-4-2-1-3-5-18)41-42-31(27)32-39-24-14-21(34)6-7-23(30(24)40-32)19-8-10-35-11-9-19/h1-11,13,15-17H,12,14,34H2,(H,38,43)(H,39,40)(H,41,42). The van der Waals surface area contributed by atoms with Crippen molar-refractivity contribution in [2.24, 2.45) is 5.73 Å². The largest absolute Gasteiger partial charge is 0.402 e. The van der Waals surface area contributed by atoms with E-state index in [1.165, 1.54) is 18.6 Å². The minimum absolute atomic E-state index is 0.0690. The molecule has 0 saturated carbocycles. The molecular formula is C32H24FN9O. The molecule has 0 aliphatic heterocycles. The molecule has 43 heavy (non-hydrogen) atoms. The maximum atomic E-state index is 16.2. The zero-order chi connectivity index (χ0) is 29.3. The average Bonchev–Trinajstić information content (AvgIpc) is 3.60. The van der Waals surface area contributed by atoms with Crippen molar-refractivity contribution in [3.05, 3.63) is 126 Å². The van der Waals surface area contributed by atoms with Gasteiger partial charge in [0.15, 0.2) is 11.6 Å². The predicted octanol–water partition coefficient (Wildman–Crippen LogP) is 4.96. The summed E-state index contributed by atoms with van der Waals surface area (Å²) in [6, 6.07) is 14.8. The van der Waals surface area contributed by atoms with E-state index in [-0.39, 0.29) is 23.4 Å². The Morgan fingerprint density at radius 3 is 2.63 bits per heavy atom. The van der Waals surface area contributed by atoms with Crippen molar-refractivity contribution >= 4 is 28.1 Å². The summed E-state index contributed by atoms with van der Waals surface area (Å²) >= 11 is 0. The van der Waals surface area contributed by atoms with Crippen LogP contribution in [0.5, 0.6) is 0 Å². The van der Waals surface area contributed by atoms with Gasteiger partial charge in [-0.25, -0.2) is 9.37 Å². The van der Waals surface area contributed by atoms with Crippen LogP contribution in [0.3, 0.4) is 0 Å². The lowest BCUT2D eigenvalue weighted by Gasteiger charge is -2.08. The first-order chi connectivity index (χ1) is 21.0. The highest BCUT2D eigenvalue weighted by atomic mass is 19.1. The van der Waals surface area contributed by atoms with Crippen LogP contribution >= 0.6 is 0 Å². The highest BCUT2D eigenvalue weighted by Gasteiger charge is 2.24. The van der Waals surface area contributed by atoms with Crippen LogP contribution in [0.4, 0.5) is 10.1 Å². The smallest absolute Gasteiger partial charge is 0.228 e. The molecule has 0 saturated heterocycles. The highest BCUT2D eigenvalue weighted by Crippen LogP contribution is 2.35. The first-order valence-electron chi connectivity index (χ1n) is 13.5. The fraction of sp³-hybridized carbons (Fsp3) is 0.0625. The van der Waals surface area contributed by atoms with Gasteiger partial charge in [-0.2, -0.15) is 5.10 Å². The molecule has 1 aromatic carbocycles. The van der Waals surface area contributed by atoms with Crippen LogP contribution in [0.15, 0.2) is 97.4 Å². The fourth-order valence-corrected chi connectivity index (χ4v) is 5.14. The highest BCUT2D eigenvalue weighted by molar-refractivity contribution is 5.95. The number of pyridine rings is 3. The lowest BCUT2D eigenvalue weighted by molar-refractivity contribution is -0.115. The second-order valence-electron chi connectivity index (χ2n) is 10.1. The number of benzene rings is 1. The number of aromatic amines is 2. The SMILES string of the molecule is NC1=CC=C(c2ccncc2)c2nc(-c3n[nH]c4cnc(-c5cncc(NC(=O)Cc6ccccc6)c5)c(F)c34)[nH]c2C1. The Balaban J connectivity index is 1.24. The van der Waals surface area contributed by atoms with Gasteiger partial charge < -0.3 is 16.0 Å². The van der Waals surface area contributed by atoms with Gasteiger partial charge in [-0.3, -0.25) is 24.8 Å². The normalized spacial score (nSPS) is 12.8. The number of imidazole rings is 1. The third-order valence-electron chi connectivity index (χ3n) is 7.14. The number of amides is 1. The van der Waals surface area contributed by atoms with E-state index in [0.29, 0.717) is 46.1 Å². The molecule has 6 aromatic rings. The van der Waals surface area contributed by atoms with Crippen molar-refractivity contribution in [2.45, 2.75) is 12.8 Å². The Kier molecular flexibility index (Phi) is 6.51. The van der Waals surface area contributed by atoms with Crippen molar-refractivity contribution in [1.82, 2.24) is 35.1 Å². The quantitative estimate of drug-likeness (QED) is 0.221. The summed E-state index contributed by atoms with van der Waals surface area (Å²) in [7, 11) is 0. The monoisotopic (exact) mass is 569 g/mol. The van der Waals surface area contributed by atoms with Gasteiger partial charge in [-0.15, -0.1) is 0 Å². The van der Waals surface area contributed by atoms with Crippen LogP contribution in [0, 0.1) is 5.82 Å². The van der Waals surface area contributed by atoms with Gasteiger partial charge in [0.05, 0.1) is 41.1 Å². The number of anilines is 1. The molecule has 5 heterocycles. The number of aromatic nitrogens is 7. The molecule has 1 amide bonds. The van der Waals surface area contributed by atoms with Crippen molar-refractivity contribution in [3.8, 4) is 22.8 Å². The zero-order valence-electron chi connectivity index (χ0n) is 22.7. The number of nitrogens with one attached hydrogen (secondary N) is 3. The molecular weight excluding hydrogens is 545 g/mol. The Labute approximate surface area is 244 Å². The molecule has 1 aliphatic rings. The number of rotatable bonds is 6. The number of hydrogen-bond acceptors (Lipinski definition) is 7. The maximum absolute atomic E-state index is 16.2. The van der Waals surface area contributed by atoms with Gasteiger partial charge in [0.1, 0.15) is 11.4 Å². The molecule has 11 heteroatoms. The van der Waals surface area contributed by atoms with E-state index in [1.54, 1.807) is 18.5 Å². The number of nitrogens with two attached hydrogens (primary N) is 1. The van der Waals surface area contributed by atoms with Crippen molar-refractivity contribution in [1.29, 1.82) is 0 Å². The molecule has 7 rings (SSSR count). The minimum Gasteiger partial charge on any atom is -0.402 e. The van der Waals surface area contributed by atoms with Gasteiger partial charge in [0, 0.05) is 47.5 Å². The van der Waals surface area contributed by atoms with Crippen LogP contribution in [0.1, 0.15) is 22.5 Å². The summed E-state index contributed by atoms with van der Waals surface area (Å²) in [6.45, 7) is 0. The Hall–Kier alpha value is -5.97. The van der Waals surface area contributed by atoms with Crippen molar-refractivity contribution < 1.29 is 9.18 Å². The molecule has 10 nitrogen and oxygen atoms in total. The van der Waals surface area contributed by atoms with Gasteiger partial charge in [0.2, 0.25) is 5.91 Å². The summed E-state index contributed by atoms with van der Waals surface area (Å²) in [5.41, 5.74) is 12.7. The van der Waals surface area contributed by atoms with Crippen LogP contribution in [-0.4, -0.2) is 41.0 Å². The molecule has 0 radical (unpaired) electrons. The van der Waals surface area contributed by atoms with E-state index in [0.717, 1.165) is 22.4 Å². The molecule has 210 valence electrons. The second-order valence-corrected chi connectivity index (χ2v) is 10.1. The second kappa shape index (κ2) is 10.8. The van der Waals surface area contributed by atoms with Gasteiger partial charge in [-0.1, -0.05) is 36.4 Å². The van der Waals surface area contributed by atoms with Gasteiger partial charge in [0.25, 0.3) is 0 Å². The van der Waals surface area contributed by atoms with E-state index in [2.05, 4.69) is 35.5 Å². The molecule has 0 unspecified atom stereocenters. The van der Waals surface area contributed by atoms with E-state index in [4.69, 9.17) is 10.7 Å². The van der Waals surface area contributed by atoms with E-state index < -0.39 is 5.82 Å². The molecule has 0 spiro atoms. The average molecular weight is 570 g/mol. The number of allylic oxidation sites excluding steroid dienone is 3. The minimum atomic E-state index is -0.591. The number of H-pyrrole nitrogens is 2. The van der Waals surface area contributed by atoms with Crippen LogP contribution < -0.4 is 11.1 Å². The molecule has 0 fully saturated rings.